The Morgan fingerprint density at radius 3 is 2.61 bits per heavy atom. The van der Waals surface area contributed by atoms with Crippen LogP contribution >= 0.6 is 0 Å². The average molecular weight is 246 g/mol. The molecule has 1 aromatic rings. The molecule has 2 atom stereocenters. The third-order valence-electron chi connectivity index (χ3n) is 3.93. The lowest BCUT2D eigenvalue weighted by Gasteiger charge is -2.35. The maximum absolute atomic E-state index is 12.5. The number of hydrogen-bond acceptors (Lipinski definition) is 3. The number of esters is 1. The maximum atomic E-state index is 12.5. The second-order valence-electron chi connectivity index (χ2n) is 5.03. The van der Waals surface area contributed by atoms with Gasteiger partial charge in [-0.05, 0) is 25.3 Å². The van der Waals surface area contributed by atoms with Gasteiger partial charge in [0.2, 0.25) is 0 Å². The SMILES string of the molecule is COC(=O)[C@@H]1CCC[C@@](C)(c2ccccc2)C1=O. The van der Waals surface area contributed by atoms with Crippen LogP contribution in [0, 0.1) is 5.92 Å². The van der Waals surface area contributed by atoms with Crippen LogP contribution in [-0.4, -0.2) is 18.9 Å². The zero-order valence-corrected chi connectivity index (χ0v) is 10.8. The van der Waals surface area contributed by atoms with E-state index in [0.29, 0.717) is 6.42 Å². The standard InChI is InChI=1S/C15H18O3/c1-15(11-7-4-3-5-8-11)10-6-9-12(13(15)16)14(17)18-2/h3-5,7-8,12H,6,9-10H2,1-2H3/t12-,15+/m1/s1. The molecule has 3 heteroatoms. The Kier molecular flexibility index (Phi) is 3.50. The molecule has 1 aromatic carbocycles. The van der Waals surface area contributed by atoms with Crippen LogP contribution in [0.1, 0.15) is 31.7 Å². The summed E-state index contributed by atoms with van der Waals surface area (Å²) in [6, 6.07) is 9.69. The first-order valence-corrected chi connectivity index (χ1v) is 6.27. The van der Waals surface area contributed by atoms with E-state index in [-0.39, 0.29) is 5.78 Å². The number of methoxy groups -OCH3 is 1. The minimum atomic E-state index is -0.603. The second-order valence-corrected chi connectivity index (χ2v) is 5.03. The number of hydrogen-bond donors (Lipinski definition) is 0. The number of ether oxygens (including phenoxy) is 1. The predicted octanol–water partition coefficient (Wildman–Crippen LogP) is 2.49. The van der Waals surface area contributed by atoms with Gasteiger partial charge >= 0.3 is 5.97 Å². The number of carbonyl (C=O) groups is 2. The van der Waals surface area contributed by atoms with E-state index < -0.39 is 17.3 Å². The molecular weight excluding hydrogens is 228 g/mol. The van der Waals surface area contributed by atoms with Crippen LogP contribution in [0.25, 0.3) is 0 Å². The molecule has 18 heavy (non-hydrogen) atoms. The molecule has 0 spiro atoms. The third kappa shape index (κ3) is 2.05. The molecule has 0 saturated heterocycles. The summed E-state index contributed by atoms with van der Waals surface area (Å²) in [4.78, 5) is 24.2. The summed E-state index contributed by atoms with van der Waals surface area (Å²) in [6.07, 6.45) is 2.27. The lowest BCUT2D eigenvalue weighted by molar-refractivity contribution is -0.152. The topological polar surface area (TPSA) is 43.4 Å². The van der Waals surface area contributed by atoms with Crippen LogP contribution in [0.5, 0.6) is 0 Å². The molecule has 1 fully saturated rings. The first-order valence-electron chi connectivity index (χ1n) is 6.27. The first-order chi connectivity index (χ1) is 8.59. The summed E-state index contributed by atoms with van der Waals surface area (Å²) >= 11 is 0. The third-order valence-corrected chi connectivity index (χ3v) is 3.93. The predicted molar refractivity (Wildman–Crippen MR) is 68.2 cm³/mol. The molecule has 0 radical (unpaired) electrons. The molecule has 3 nitrogen and oxygen atoms in total. The van der Waals surface area contributed by atoms with Crippen LogP contribution < -0.4 is 0 Å². The highest BCUT2D eigenvalue weighted by Crippen LogP contribution is 2.39. The molecule has 1 aliphatic rings. The van der Waals surface area contributed by atoms with Crippen molar-refractivity contribution in [2.45, 2.75) is 31.6 Å². The Hall–Kier alpha value is -1.64. The van der Waals surface area contributed by atoms with E-state index in [4.69, 9.17) is 4.74 Å². The molecule has 1 aliphatic carbocycles. The highest BCUT2D eigenvalue weighted by atomic mass is 16.5. The molecule has 0 heterocycles. The fourth-order valence-corrected chi connectivity index (χ4v) is 2.76. The first kappa shape index (κ1) is 12.8. The highest BCUT2D eigenvalue weighted by Gasteiger charge is 2.45. The quantitative estimate of drug-likeness (QED) is 0.595. The van der Waals surface area contributed by atoms with Crippen molar-refractivity contribution in [3.8, 4) is 0 Å². The van der Waals surface area contributed by atoms with E-state index in [2.05, 4.69) is 0 Å². The molecule has 1 saturated carbocycles. The zero-order valence-electron chi connectivity index (χ0n) is 10.8. The van der Waals surface area contributed by atoms with Crippen molar-refractivity contribution < 1.29 is 14.3 Å². The monoisotopic (exact) mass is 246 g/mol. The summed E-state index contributed by atoms with van der Waals surface area (Å²) < 4.78 is 4.73. The second kappa shape index (κ2) is 4.92. The van der Waals surface area contributed by atoms with Gasteiger partial charge in [-0.2, -0.15) is 0 Å². The summed E-state index contributed by atoms with van der Waals surface area (Å²) in [5.74, 6) is -1.01. The summed E-state index contributed by atoms with van der Waals surface area (Å²) in [5.41, 5.74) is 0.432. The Bertz CT molecular complexity index is 452. The Balaban J connectivity index is 2.33. The van der Waals surface area contributed by atoms with E-state index in [1.807, 2.05) is 37.3 Å². The van der Waals surface area contributed by atoms with Gasteiger partial charge < -0.3 is 4.74 Å². The van der Waals surface area contributed by atoms with Gasteiger partial charge in [-0.1, -0.05) is 36.8 Å². The normalized spacial score (nSPS) is 27.9. The summed E-state index contributed by atoms with van der Waals surface area (Å²) in [6.45, 7) is 1.93. The van der Waals surface area contributed by atoms with E-state index in [1.165, 1.54) is 7.11 Å². The Morgan fingerprint density at radius 2 is 2.00 bits per heavy atom. The molecule has 0 bridgehead atoms. The minimum Gasteiger partial charge on any atom is -0.468 e. The molecular formula is C15H18O3. The van der Waals surface area contributed by atoms with Crippen LogP contribution in [0.4, 0.5) is 0 Å². The van der Waals surface area contributed by atoms with Crippen molar-refractivity contribution in [1.82, 2.24) is 0 Å². The lowest BCUT2D eigenvalue weighted by Crippen LogP contribution is -2.44. The number of carbonyl (C=O) groups excluding carboxylic acids is 2. The Morgan fingerprint density at radius 1 is 1.33 bits per heavy atom. The fourth-order valence-electron chi connectivity index (χ4n) is 2.76. The fraction of sp³-hybridized carbons (Fsp3) is 0.467. The molecule has 96 valence electrons. The number of ketones is 1. The van der Waals surface area contributed by atoms with E-state index in [9.17, 15) is 9.59 Å². The van der Waals surface area contributed by atoms with Crippen molar-refractivity contribution in [2.24, 2.45) is 5.92 Å². The minimum absolute atomic E-state index is 0.00759. The van der Waals surface area contributed by atoms with Gasteiger partial charge in [0, 0.05) is 0 Å². The van der Waals surface area contributed by atoms with Crippen molar-refractivity contribution in [3.05, 3.63) is 35.9 Å². The zero-order chi connectivity index (χ0) is 13.2. The van der Waals surface area contributed by atoms with Gasteiger partial charge in [-0.3, -0.25) is 9.59 Å². The van der Waals surface area contributed by atoms with Gasteiger partial charge in [-0.15, -0.1) is 0 Å². The number of Topliss-reactive ketones (excluding diaryl/α,β-unsaturated/α-hetero) is 1. The van der Waals surface area contributed by atoms with Gasteiger partial charge in [0.25, 0.3) is 0 Å². The van der Waals surface area contributed by atoms with Crippen LogP contribution in [0.3, 0.4) is 0 Å². The molecule has 0 N–H and O–H groups in total. The van der Waals surface area contributed by atoms with Crippen molar-refractivity contribution in [2.75, 3.05) is 7.11 Å². The van der Waals surface area contributed by atoms with Gasteiger partial charge in [0.05, 0.1) is 12.5 Å². The lowest BCUT2D eigenvalue weighted by atomic mass is 9.66. The van der Waals surface area contributed by atoms with Crippen LogP contribution in [0.15, 0.2) is 30.3 Å². The highest BCUT2D eigenvalue weighted by molar-refractivity contribution is 6.05. The average Bonchev–Trinajstić information content (AvgIpc) is 2.42. The number of benzene rings is 1. The van der Waals surface area contributed by atoms with Crippen LogP contribution in [-0.2, 0) is 19.7 Å². The van der Waals surface area contributed by atoms with Crippen LogP contribution in [0.2, 0.25) is 0 Å². The van der Waals surface area contributed by atoms with Crippen molar-refractivity contribution >= 4 is 11.8 Å². The largest absolute Gasteiger partial charge is 0.468 e. The summed E-state index contributed by atoms with van der Waals surface area (Å²) in [7, 11) is 1.34. The summed E-state index contributed by atoms with van der Waals surface area (Å²) in [5, 5.41) is 0. The smallest absolute Gasteiger partial charge is 0.316 e. The molecule has 0 aromatic heterocycles. The van der Waals surface area contributed by atoms with Crippen molar-refractivity contribution in [1.29, 1.82) is 0 Å². The van der Waals surface area contributed by atoms with E-state index in [1.54, 1.807) is 0 Å². The Labute approximate surface area is 107 Å². The van der Waals surface area contributed by atoms with Crippen molar-refractivity contribution in [3.63, 3.8) is 0 Å². The maximum Gasteiger partial charge on any atom is 0.316 e. The molecule has 0 aliphatic heterocycles. The molecule has 2 rings (SSSR count). The van der Waals surface area contributed by atoms with E-state index >= 15 is 0 Å². The van der Waals surface area contributed by atoms with Gasteiger partial charge in [0.15, 0.2) is 5.78 Å². The van der Waals surface area contributed by atoms with E-state index in [0.717, 1.165) is 18.4 Å². The molecule has 0 unspecified atom stereocenters. The molecule has 0 amide bonds. The van der Waals surface area contributed by atoms with Gasteiger partial charge in [0.1, 0.15) is 5.92 Å². The van der Waals surface area contributed by atoms with Gasteiger partial charge in [-0.25, -0.2) is 0 Å². The number of rotatable bonds is 2.